The largest absolute Gasteiger partial charge is 0.490 e. The van der Waals surface area contributed by atoms with Gasteiger partial charge in [-0.3, -0.25) is 4.79 Å². The summed E-state index contributed by atoms with van der Waals surface area (Å²) in [7, 11) is 1.41. The van der Waals surface area contributed by atoms with Crippen LogP contribution in [-0.4, -0.2) is 38.4 Å². The minimum atomic E-state index is -0.314. The highest BCUT2D eigenvalue weighted by Crippen LogP contribution is 2.49. The zero-order valence-electron chi connectivity index (χ0n) is 14.8. The van der Waals surface area contributed by atoms with Crippen molar-refractivity contribution >= 4 is 17.7 Å². The van der Waals surface area contributed by atoms with Gasteiger partial charge < -0.3 is 24.8 Å². The molecular weight excluding hydrogens is 336 g/mol. The number of carbonyl (C=O) groups excluding carboxylic acids is 2. The van der Waals surface area contributed by atoms with E-state index >= 15 is 0 Å². The van der Waals surface area contributed by atoms with Crippen molar-refractivity contribution < 1.29 is 23.8 Å². The second-order valence-corrected chi connectivity index (χ2v) is 7.22. The molecule has 1 aromatic rings. The van der Waals surface area contributed by atoms with E-state index in [1.54, 1.807) is 18.2 Å². The van der Waals surface area contributed by atoms with E-state index in [9.17, 15) is 9.59 Å². The molecule has 2 N–H and O–H groups in total. The molecule has 1 aliphatic heterocycles. The monoisotopic (exact) mass is 360 g/mol. The number of rotatable bonds is 3. The maximum Gasteiger partial charge on any atom is 0.319 e. The first-order valence-electron chi connectivity index (χ1n) is 9.20. The Kier molecular flexibility index (Phi) is 4.61. The van der Waals surface area contributed by atoms with Crippen LogP contribution >= 0.6 is 0 Å². The Morgan fingerprint density at radius 3 is 2.69 bits per heavy atom. The summed E-state index contributed by atoms with van der Waals surface area (Å²) in [5, 5.41) is 5.83. The zero-order valence-corrected chi connectivity index (χ0v) is 14.8. The molecule has 140 valence electrons. The molecule has 0 unspecified atom stereocenters. The minimum absolute atomic E-state index is 0.165. The molecule has 0 spiro atoms. The van der Waals surface area contributed by atoms with Crippen LogP contribution in [0, 0.1) is 17.8 Å². The lowest BCUT2D eigenvalue weighted by atomic mass is 9.84. The van der Waals surface area contributed by atoms with Gasteiger partial charge in [-0.05, 0) is 43.2 Å². The molecule has 2 amide bonds. The van der Waals surface area contributed by atoms with Crippen molar-refractivity contribution in [1.82, 2.24) is 5.32 Å². The molecule has 2 fully saturated rings. The number of benzene rings is 1. The second-order valence-electron chi connectivity index (χ2n) is 7.22. The van der Waals surface area contributed by atoms with E-state index in [-0.39, 0.29) is 24.0 Å². The van der Waals surface area contributed by atoms with Gasteiger partial charge in [0, 0.05) is 24.2 Å². The molecule has 4 atom stereocenters. The molecule has 0 saturated heterocycles. The zero-order chi connectivity index (χ0) is 18.1. The van der Waals surface area contributed by atoms with Gasteiger partial charge in [0.15, 0.2) is 11.5 Å². The molecule has 1 aromatic carbocycles. The number of urea groups is 1. The van der Waals surface area contributed by atoms with Gasteiger partial charge in [0.05, 0.1) is 26.2 Å². The number of carbonyl (C=O) groups is 2. The highest BCUT2D eigenvalue weighted by atomic mass is 16.5. The quantitative estimate of drug-likeness (QED) is 0.809. The van der Waals surface area contributed by atoms with Gasteiger partial charge in [-0.1, -0.05) is 0 Å². The molecule has 2 bridgehead atoms. The Balaban J connectivity index is 1.42. The first-order valence-corrected chi connectivity index (χ1v) is 9.20. The lowest BCUT2D eigenvalue weighted by Gasteiger charge is -2.29. The minimum Gasteiger partial charge on any atom is -0.490 e. The predicted octanol–water partition coefficient (Wildman–Crippen LogP) is 2.56. The lowest BCUT2D eigenvalue weighted by Crippen LogP contribution is -2.48. The number of ether oxygens (including phenoxy) is 3. The fourth-order valence-electron chi connectivity index (χ4n) is 4.53. The normalized spacial score (nSPS) is 29.0. The number of amides is 2. The Hall–Kier alpha value is -2.44. The predicted molar refractivity (Wildman–Crippen MR) is 94.3 cm³/mol. The molecule has 1 heterocycles. The highest BCUT2D eigenvalue weighted by Gasteiger charge is 2.52. The van der Waals surface area contributed by atoms with Crippen LogP contribution in [0.5, 0.6) is 11.5 Å². The van der Waals surface area contributed by atoms with Crippen LogP contribution in [0.1, 0.15) is 25.7 Å². The van der Waals surface area contributed by atoms with Gasteiger partial charge >= 0.3 is 12.0 Å². The molecule has 7 heteroatoms. The van der Waals surface area contributed by atoms with Crippen LogP contribution in [-0.2, 0) is 9.53 Å². The fourth-order valence-corrected chi connectivity index (χ4v) is 4.53. The van der Waals surface area contributed by atoms with E-state index < -0.39 is 0 Å². The molecular formula is C19H24N2O5. The van der Waals surface area contributed by atoms with Gasteiger partial charge in [-0.25, -0.2) is 4.79 Å². The van der Waals surface area contributed by atoms with Crippen molar-refractivity contribution in [3.63, 3.8) is 0 Å². The third kappa shape index (κ3) is 3.18. The van der Waals surface area contributed by atoms with E-state index in [0.717, 1.165) is 25.7 Å². The van der Waals surface area contributed by atoms with E-state index in [1.807, 2.05) is 0 Å². The smallest absolute Gasteiger partial charge is 0.319 e. The van der Waals surface area contributed by atoms with E-state index in [0.29, 0.717) is 42.2 Å². The van der Waals surface area contributed by atoms with Crippen molar-refractivity contribution in [2.45, 2.75) is 31.7 Å². The summed E-state index contributed by atoms with van der Waals surface area (Å²) < 4.78 is 16.2. The third-order valence-electron chi connectivity index (χ3n) is 5.69. The van der Waals surface area contributed by atoms with Crippen LogP contribution in [0.3, 0.4) is 0 Å². The summed E-state index contributed by atoms with van der Waals surface area (Å²) in [5.41, 5.74) is 0.629. The Labute approximate surface area is 152 Å². The number of nitrogens with one attached hydrogen (secondary N) is 2. The molecule has 2 saturated carbocycles. The van der Waals surface area contributed by atoms with Crippen LogP contribution in [0.2, 0.25) is 0 Å². The van der Waals surface area contributed by atoms with Gasteiger partial charge in [0.25, 0.3) is 0 Å². The van der Waals surface area contributed by atoms with Gasteiger partial charge in [0.2, 0.25) is 0 Å². The topological polar surface area (TPSA) is 85.9 Å². The summed E-state index contributed by atoms with van der Waals surface area (Å²) in [6, 6.07) is 4.86. The lowest BCUT2D eigenvalue weighted by molar-refractivity contribution is -0.148. The van der Waals surface area contributed by atoms with Crippen LogP contribution in [0.15, 0.2) is 18.2 Å². The van der Waals surface area contributed by atoms with Crippen LogP contribution in [0.25, 0.3) is 0 Å². The van der Waals surface area contributed by atoms with Crippen molar-refractivity contribution in [3.05, 3.63) is 18.2 Å². The second kappa shape index (κ2) is 7.05. The molecule has 0 aromatic heterocycles. The summed E-state index contributed by atoms with van der Waals surface area (Å²) in [6.07, 6.45) is 3.89. The number of fused-ring (bicyclic) bond motifs is 3. The van der Waals surface area contributed by atoms with Crippen molar-refractivity contribution in [2.24, 2.45) is 17.8 Å². The first-order chi connectivity index (χ1) is 12.7. The average molecular weight is 360 g/mol. The number of hydrogen-bond acceptors (Lipinski definition) is 5. The Morgan fingerprint density at radius 2 is 1.88 bits per heavy atom. The summed E-state index contributed by atoms with van der Waals surface area (Å²) >= 11 is 0. The van der Waals surface area contributed by atoms with Gasteiger partial charge in [-0.2, -0.15) is 0 Å². The average Bonchev–Trinajstić information content (AvgIpc) is 3.15. The Bertz CT molecular complexity index is 707. The maximum atomic E-state index is 12.5. The van der Waals surface area contributed by atoms with E-state index in [2.05, 4.69) is 10.6 Å². The van der Waals surface area contributed by atoms with E-state index in [4.69, 9.17) is 14.2 Å². The molecule has 26 heavy (non-hydrogen) atoms. The van der Waals surface area contributed by atoms with Gasteiger partial charge in [0.1, 0.15) is 0 Å². The van der Waals surface area contributed by atoms with Crippen LogP contribution < -0.4 is 20.1 Å². The first kappa shape index (κ1) is 17.0. The number of anilines is 1. The third-order valence-corrected chi connectivity index (χ3v) is 5.69. The molecule has 0 radical (unpaired) electrons. The number of hydrogen-bond donors (Lipinski definition) is 2. The van der Waals surface area contributed by atoms with Crippen molar-refractivity contribution in [1.29, 1.82) is 0 Å². The molecule has 4 rings (SSSR count). The molecule has 2 aliphatic carbocycles. The maximum absolute atomic E-state index is 12.5. The summed E-state index contributed by atoms with van der Waals surface area (Å²) in [4.78, 5) is 24.6. The van der Waals surface area contributed by atoms with Crippen LogP contribution in [0.4, 0.5) is 10.5 Å². The number of esters is 1. The molecule has 7 nitrogen and oxygen atoms in total. The van der Waals surface area contributed by atoms with Crippen molar-refractivity contribution in [3.8, 4) is 11.5 Å². The number of methoxy groups -OCH3 is 1. The summed E-state index contributed by atoms with van der Waals surface area (Å²) in [6.45, 7) is 1.22. The molecule has 3 aliphatic rings. The standard InChI is InChI=1S/C19H24N2O5/c1-24-18(22)16-11-3-4-12(9-11)17(16)21-19(23)20-13-5-6-14-15(10-13)26-8-2-7-25-14/h5-6,10-12,16-17H,2-4,7-9H2,1H3,(H2,20,21,23)/t11-,12-,16+,17-/m0/s1. The fraction of sp³-hybridized carbons (Fsp3) is 0.579. The SMILES string of the molecule is COC(=O)[C@@H]1[C@H]2CC[C@@H](C2)[C@@H]1NC(=O)Nc1ccc2c(c1)OCCCO2. The van der Waals surface area contributed by atoms with Crippen molar-refractivity contribution in [2.75, 3.05) is 25.6 Å². The Morgan fingerprint density at radius 1 is 1.12 bits per heavy atom. The van der Waals surface area contributed by atoms with Gasteiger partial charge in [-0.15, -0.1) is 0 Å². The van der Waals surface area contributed by atoms with E-state index in [1.165, 1.54) is 7.11 Å². The summed E-state index contributed by atoms with van der Waals surface area (Å²) in [5.74, 6) is 1.51. The highest BCUT2D eigenvalue weighted by molar-refractivity contribution is 5.90.